The van der Waals surface area contributed by atoms with Crippen LogP contribution in [0.25, 0.3) is 5.57 Å². The molecule has 2 amide bonds. The molecule has 122 valence electrons. The number of rotatable bonds is 4. The van der Waals surface area contributed by atoms with E-state index in [2.05, 4.69) is 4.99 Å². The minimum Gasteiger partial charge on any atom is -0.366 e. The van der Waals surface area contributed by atoms with Crippen LogP contribution in [0, 0.1) is 0 Å². The third-order valence-corrected chi connectivity index (χ3v) is 4.36. The van der Waals surface area contributed by atoms with Gasteiger partial charge in [0.15, 0.2) is 6.21 Å². The number of carbonyl (C=O) groups excluding carboxylic acids is 2. The van der Waals surface area contributed by atoms with Crippen LogP contribution in [0.4, 0.5) is 0 Å². The van der Waals surface area contributed by atoms with Crippen molar-refractivity contribution in [2.24, 2.45) is 5.73 Å². The van der Waals surface area contributed by atoms with Crippen molar-refractivity contribution in [1.82, 2.24) is 4.90 Å². The van der Waals surface area contributed by atoms with Crippen molar-refractivity contribution >= 4 is 35.2 Å². The summed E-state index contributed by atoms with van der Waals surface area (Å²) in [4.78, 5) is 28.6. The van der Waals surface area contributed by atoms with Crippen LogP contribution in [-0.4, -0.2) is 35.5 Å². The number of allylic oxidation sites excluding steroid dienone is 2. The first-order valence-electron chi connectivity index (χ1n) is 7.56. The number of benzene rings is 1. The van der Waals surface area contributed by atoms with Gasteiger partial charge in [-0.15, -0.1) is 0 Å². The monoisotopic (exact) mass is 342 g/mol. The van der Waals surface area contributed by atoms with Crippen molar-refractivity contribution in [1.29, 1.82) is 0 Å². The average Bonchev–Trinajstić information content (AvgIpc) is 3.04. The quantitative estimate of drug-likeness (QED) is 0.788. The zero-order valence-electron chi connectivity index (χ0n) is 13.1. The molecule has 0 fully saturated rings. The number of fused-ring (bicyclic) bond motifs is 1. The summed E-state index contributed by atoms with van der Waals surface area (Å²) in [5.41, 5.74) is 8.19. The van der Waals surface area contributed by atoms with E-state index in [9.17, 15) is 9.59 Å². The fourth-order valence-electron chi connectivity index (χ4n) is 2.81. The average molecular weight is 343 g/mol. The molecule has 24 heavy (non-hydrogen) atoms. The number of carbonyl (C=O) groups is 2. The van der Waals surface area contributed by atoms with Gasteiger partial charge in [-0.25, -0.2) is 4.99 Å². The van der Waals surface area contributed by atoms with Crippen LogP contribution in [0.1, 0.15) is 22.8 Å². The summed E-state index contributed by atoms with van der Waals surface area (Å²) >= 11 is 6.17. The van der Waals surface area contributed by atoms with Gasteiger partial charge in [0.1, 0.15) is 0 Å². The number of nitrogens with two attached hydrogens (primary N) is 1. The first-order valence-corrected chi connectivity index (χ1v) is 7.93. The zero-order chi connectivity index (χ0) is 17.3. The normalized spacial score (nSPS) is 19.5. The first kappa shape index (κ1) is 16.2. The lowest BCUT2D eigenvalue weighted by atomic mass is 9.90. The molecule has 2 aliphatic heterocycles. The molecule has 2 heterocycles. The summed E-state index contributed by atoms with van der Waals surface area (Å²) < 4.78 is 0. The second kappa shape index (κ2) is 6.45. The number of amides is 2. The predicted octanol–water partition coefficient (Wildman–Crippen LogP) is 0.658. The summed E-state index contributed by atoms with van der Waals surface area (Å²) in [6.07, 6.45) is 9.30. The van der Waals surface area contributed by atoms with Gasteiger partial charge in [0, 0.05) is 30.0 Å². The molecule has 0 saturated carbocycles. The molecule has 3 rings (SSSR count). The molecule has 0 radical (unpaired) electrons. The van der Waals surface area contributed by atoms with Gasteiger partial charge >= 0.3 is 0 Å². The molecule has 1 aromatic carbocycles. The minimum absolute atomic E-state index is 0.00305. The van der Waals surface area contributed by atoms with Gasteiger partial charge in [0.05, 0.1) is 10.6 Å². The van der Waals surface area contributed by atoms with E-state index in [1.165, 1.54) is 0 Å². The molecule has 0 spiro atoms. The second-order valence-corrected chi connectivity index (χ2v) is 5.96. The summed E-state index contributed by atoms with van der Waals surface area (Å²) in [5.74, 6) is -0.571. The van der Waals surface area contributed by atoms with Crippen LogP contribution < -0.4 is 10.7 Å². The van der Waals surface area contributed by atoms with E-state index in [0.29, 0.717) is 11.6 Å². The Hall–Kier alpha value is -2.66. The van der Waals surface area contributed by atoms with E-state index in [1.54, 1.807) is 29.3 Å². The van der Waals surface area contributed by atoms with Crippen LogP contribution in [0.15, 0.2) is 48.2 Å². The first-order chi connectivity index (χ1) is 11.5. The molecule has 0 aromatic heterocycles. The van der Waals surface area contributed by atoms with Gasteiger partial charge in [-0.1, -0.05) is 29.8 Å². The maximum absolute atomic E-state index is 12.5. The van der Waals surface area contributed by atoms with E-state index in [4.69, 9.17) is 17.3 Å². The van der Waals surface area contributed by atoms with Gasteiger partial charge in [-0.05, 0) is 24.6 Å². The van der Waals surface area contributed by atoms with Gasteiger partial charge in [0.2, 0.25) is 5.91 Å². The Morgan fingerprint density at radius 1 is 1.46 bits per heavy atom. The molecule has 0 saturated heterocycles. The van der Waals surface area contributed by atoms with Crippen molar-refractivity contribution in [2.45, 2.75) is 13.0 Å². The van der Waals surface area contributed by atoms with Crippen LogP contribution >= 0.6 is 11.6 Å². The highest BCUT2D eigenvalue weighted by Gasteiger charge is 2.39. The largest absolute Gasteiger partial charge is 0.366 e. The standard InChI is InChI=1S/C18H16ClN3O2/c1-2-3-8-22-10-14(12-6-7-21-16(12)18(22)24)11-4-5-13(17(20)23)15(19)9-11/h2-7,9-10,16H,8H2,1H3,(H2,20,23)/p+1/b3-2+. The second-order valence-electron chi connectivity index (χ2n) is 5.55. The van der Waals surface area contributed by atoms with Crippen molar-refractivity contribution in [3.05, 3.63) is 64.3 Å². The smallest absolute Gasteiger partial charge is 0.300 e. The van der Waals surface area contributed by atoms with Crippen molar-refractivity contribution < 1.29 is 14.6 Å². The van der Waals surface area contributed by atoms with Gasteiger partial charge in [-0.3, -0.25) is 9.59 Å². The highest BCUT2D eigenvalue weighted by molar-refractivity contribution is 6.34. The SMILES string of the molecule is C/C=C/CN1C=C(c2ccc(C(N)=O)c(Cl)c2)C2=CC=[NH+]C2C1=O. The van der Waals surface area contributed by atoms with Crippen LogP contribution in [-0.2, 0) is 4.79 Å². The van der Waals surface area contributed by atoms with E-state index >= 15 is 0 Å². The Bertz CT molecular complexity index is 837. The lowest BCUT2D eigenvalue weighted by Crippen LogP contribution is -2.79. The third kappa shape index (κ3) is 2.78. The number of halogens is 1. The number of nitrogens with one attached hydrogen (secondary N) is 1. The van der Waals surface area contributed by atoms with Gasteiger partial charge in [-0.2, -0.15) is 0 Å². The molecule has 3 N–H and O–H groups in total. The highest BCUT2D eigenvalue weighted by atomic mass is 35.5. The van der Waals surface area contributed by atoms with Gasteiger partial charge in [0.25, 0.3) is 11.9 Å². The minimum atomic E-state index is -0.568. The van der Waals surface area contributed by atoms with Crippen LogP contribution in [0.3, 0.4) is 0 Å². The summed E-state index contributed by atoms with van der Waals surface area (Å²) in [6.45, 7) is 2.41. The predicted molar refractivity (Wildman–Crippen MR) is 93.4 cm³/mol. The third-order valence-electron chi connectivity index (χ3n) is 4.05. The number of hydrogen-bond donors (Lipinski definition) is 2. The van der Waals surface area contributed by atoms with Crippen LogP contribution in [0.2, 0.25) is 5.02 Å². The number of nitrogens with zero attached hydrogens (tertiary/aromatic N) is 1. The Balaban J connectivity index is 2.05. The Morgan fingerprint density at radius 3 is 2.92 bits per heavy atom. The molecule has 0 aliphatic carbocycles. The summed E-state index contributed by atoms with van der Waals surface area (Å²) in [6, 6.07) is 4.70. The number of hydrogen-bond acceptors (Lipinski definition) is 2. The maximum atomic E-state index is 12.5. The topological polar surface area (TPSA) is 77.4 Å². The fraction of sp³-hybridized carbons (Fsp3) is 0.167. The van der Waals surface area contributed by atoms with E-state index in [-0.39, 0.29) is 11.5 Å². The molecule has 5 nitrogen and oxygen atoms in total. The van der Waals surface area contributed by atoms with Crippen molar-refractivity contribution in [2.75, 3.05) is 6.54 Å². The van der Waals surface area contributed by atoms with E-state index < -0.39 is 11.9 Å². The molecule has 0 bridgehead atoms. The molecule has 6 heteroatoms. The van der Waals surface area contributed by atoms with Crippen molar-refractivity contribution in [3.63, 3.8) is 0 Å². The fourth-order valence-corrected chi connectivity index (χ4v) is 3.09. The van der Waals surface area contributed by atoms with E-state index in [1.807, 2.05) is 31.4 Å². The Morgan fingerprint density at radius 2 is 2.25 bits per heavy atom. The summed E-state index contributed by atoms with van der Waals surface area (Å²) in [5, 5.41) is 0.296. The number of primary amides is 1. The maximum Gasteiger partial charge on any atom is 0.300 e. The van der Waals surface area contributed by atoms with E-state index in [0.717, 1.165) is 16.7 Å². The Labute approximate surface area is 144 Å². The zero-order valence-corrected chi connectivity index (χ0v) is 13.9. The Kier molecular flexibility index (Phi) is 4.36. The van der Waals surface area contributed by atoms with Crippen LogP contribution in [0.5, 0.6) is 0 Å². The molecular weight excluding hydrogens is 326 g/mol. The van der Waals surface area contributed by atoms with Gasteiger partial charge < -0.3 is 10.6 Å². The molecule has 2 aliphatic rings. The lowest BCUT2D eigenvalue weighted by molar-refractivity contribution is -0.467. The molecular formula is C18H17ClN3O2+. The molecule has 1 aromatic rings. The summed E-state index contributed by atoms with van der Waals surface area (Å²) in [7, 11) is 0. The lowest BCUT2D eigenvalue weighted by Gasteiger charge is -2.26. The highest BCUT2D eigenvalue weighted by Crippen LogP contribution is 2.32. The molecule has 1 atom stereocenters. The molecule has 1 unspecified atom stereocenters. The van der Waals surface area contributed by atoms with Crippen molar-refractivity contribution in [3.8, 4) is 0 Å².